The molecule has 19 heavy (non-hydrogen) atoms. The largest absolute Gasteiger partial charge is 0.491 e. The van der Waals surface area contributed by atoms with Crippen molar-refractivity contribution in [3.63, 3.8) is 0 Å². The molecule has 0 heterocycles. The molecule has 0 bridgehead atoms. The molecule has 0 saturated carbocycles. The Bertz CT molecular complexity index is 501. The van der Waals surface area contributed by atoms with Gasteiger partial charge >= 0.3 is 5.97 Å². The lowest BCUT2D eigenvalue weighted by Crippen LogP contribution is -2.39. The number of rotatable bonds is 6. The number of carboxylic acids is 1. The van der Waals surface area contributed by atoms with Crippen LogP contribution in [0.3, 0.4) is 0 Å². The van der Waals surface area contributed by atoms with Crippen LogP contribution in [-0.2, 0) is 4.79 Å². The Hall–Kier alpha value is -2.15. The van der Waals surface area contributed by atoms with Gasteiger partial charge in [0.25, 0.3) is 5.69 Å². The number of aliphatic carboxylic acids is 1. The van der Waals surface area contributed by atoms with Crippen molar-refractivity contribution in [2.24, 2.45) is 0 Å². The van der Waals surface area contributed by atoms with Gasteiger partial charge in [-0.1, -0.05) is 0 Å². The number of nitrogens with one attached hydrogen (secondary N) is 1. The topological polar surface area (TPSA) is 102 Å². The number of aryl methyl sites for hydroxylation is 2. The van der Waals surface area contributed by atoms with Crippen LogP contribution >= 0.6 is 0 Å². The fourth-order valence-electron chi connectivity index (χ4n) is 1.58. The summed E-state index contributed by atoms with van der Waals surface area (Å²) >= 11 is 0. The maximum Gasteiger partial charge on any atom is 0.324 e. The van der Waals surface area contributed by atoms with E-state index in [1.54, 1.807) is 19.9 Å². The first kappa shape index (κ1) is 14.9. The molecule has 0 fully saturated rings. The third kappa shape index (κ3) is 3.65. The molecule has 2 N–H and O–H groups in total. The molecular formula is C12H16N2O5. The predicted octanol–water partition coefficient (Wildman–Crippen LogP) is 1.26. The summed E-state index contributed by atoms with van der Waals surface area (Å²) in [5.74, 6) is -0.566. The predicted molar refractivity (Wildman–Crippen MR) is 68.5 cm³/mol. The van der Waals surface area contributed by atoms with Crippen molar-refractivity contribution < 1.29 is 19.6 Å². The van der Waals surface area contributed by atoms with Crippen LogP contribution in [0.5, 0.6) is 5.75 Å². The number of nitrogens with zero attached hydrogens (tertiary/aromatic N) is 1. The van der Waals surface area contributed by atoms with E-state index in [0.29, 0.717) is 16.9 Å². The number of ether oxygens (including phenoxy) is 1. The van der Waals surface area contributed by atoms with E-state index in [9.17, 15) is 14.9 Å². The van der Waals surface area contributed by atoms with Crippen molar-refractivity contribution >= 4 is 11.7 Å². The molecule has 0 aliphatic heterocycles. The average Bonchev–Trinajstić information content (AvgIpc) is 2.32. The molecule has 0 aliphatic carbocycles. The Morgan fingerprint density at radius 2 is 2.11 bits per heavy atom. The van der Waals surface area contributed by atoms with Gasteiger partial charge in [0.15, 0.2) is 0 Å². The molecule has 1 atom stereocenters. The van der Waals surface area contributed by atoms with Gasteiger partial charge in [0.1, 0.15) is 18.4 Å². The van der Waals surface area contributed by atoms with Gasteiger partial charge in [0.05, 0.1) is 4.92 Å². The van der Waals surface area contributed by atoms with Crippen molar-refractivity contribution in [2.75, 3.05) is 13.7 Å². The summed E-state index contributed by atoms with van der Waals surface area (Å²) in [6.45, 7) is 3.23. The quantitative estimate of drug-likeness (QED) is 0.595. The van der Waals surface area contributed by atoms with E-state index < -0.39 is 16.9 Å². The zero-order valence-corrected chi connectivity index (χ0v) is 11.0. The molecular weight excluding hydrogens is 252 g/mol. The van der Waals surface area contributed by atoms with E-state index >= 15 is 0 Å². The van der Waals surface area contributed by atoms with Crippen LogP contribution in [0.2, 0.25) is 0 Å². The van der Waals surface area contributed by atoms with E-state index in [-0.39, 0.29) is 12.3 Å². The van der Waals surface area contributed by atoms with Gasteiger partial charge in [0.2, 0.25) is 0 Å². The number of likely N-dealkylation sites (N-methyl/N-ethyl adjacent to an activating group) is 1. The fourth-order valence-corrected chi connectivity index (χ4v) is 1.58. The number of carboxylic acid groups (broad SMARTS) is 1. The van der Waals surface area contributed by atoms with E-state index in [4.69, 9.17) is 9.84 Å². The fraction of sp³-hybridized carbons (Fsp3) is 0.417. The lowest BCUT2D eigenvalue weighted by atomic mass is 10.1. The number of hydrogen-bond acceptors (Lipinski definition) is 5. The molecule has 1 aromatic rings. The maximum atomic E-state index is 10.8. The third-order valence-corrected chi connectivity index (χ3v) is 2.74. The first-order valence-corrected chi connectivity index (χ1v) is 5.65. The van der Waals surface area contributed by atoms with Crippen LogP contribution in [0.1, 0.15) is 11.1 Å². The molecule has 1 rings (SSSR count). The van der Waals surface area contributed by atoms with Crippen molar-refractivity contribution in [2.45, 2.75) is 19.9 Å². The highest BCUT2D eigenvalue weighted by Crippen LogP contribution is 2.27. The number of nitro benzene ring substituents is 1. The molecule has 7 nitrogen and oxygen atoms in total. The smallest absolute Gasteiger partial charge is 0.324 e. The Balaban J connectivity index is 2.88. The molecule has 0 aliphatic rings. The van der Waals surface area contributed by atoms with Crippen LogP contribution in [0, 0.1) is 24.0 Å². The SMILES string of the molecule is CNC(COc1cc(C)c([N+](=O)[O-])cc1C)C(=O)O. The summed E-state index contributed by atoms with van der Waals surface area (Å²) in [5, 5.41) is 22.2. The molecule has 1 aromatic carbocycles. The van der Waals surface area contributed by atoms with Gasteiger partial charge in [-0.25, -0.2) is 0 Å². The Morgan fingerprint density at radius 3 is 2.58 bits per heavy atom. The standard InChI is InChI=1S/C12H16N2O5/c1-7-5-11(8(2)4-10(7)14(17)18)19-6-9(13-3)12(15)16/h4-5,9,13H,6H2,1-3H3,(H,15,16). The summed E-state index contributed by atoms with van der Waals surface area (Å²) < 4.78 is 5.40. The summed E-state index contributed by atoms with van der Waals surface area (Å²) in [4.78, 5) is 21.1. The number of benzene rings is 1. The molecule has 1 unspecified atom stereocenters. The van der Waals surface area contributed by atoms with Gasteiger partial charge in [-0.15, -0.1) is 0 Å². The van der Waals surface area contributed by atoms with Gasteiger partial charge in [-0.05, 0) is 32.5 Å². The Kier molecular flexibility index (Phi) is 4.82. The minimum absolute atomic E-state index is 0.0215. The lowest BCUT2D eigenvalue weighted by molar-refractivity contribution is -0.385. The average molecular weight is 268 g/mol. The summed E-state index contributed by atoms with van der Waals surface area (Å²) in [5.41, 5.74) is 1.09. The number of hydrogen-bond donors (Lipinski definition) is 2. The highest BCUT2D eigenvalue weighted by Gasteiger charge is 2.18. The molecule has 0 aromatic heterocycles. The zero-order chi connectivity index (χ0) is 14.6. The summed E-state index contributed by atoms with van der Waals surface area (Å²) in [6, 6.07) is 2.14. The first-order chi connectivity index (χ1) is 8.86. The zero-order valence-electron chi connectivity index (χ0n) is 11.0. The van der Waals surface area contributed by atoms with Crippen molar-refractivity contribution in [1.82, 2.24) is 5.32 Å². The monoisotopic (exact) mass is 268 g/mol. The highest BCUT2D eigenvalue weighted by atomic mass is 16.6. The first-order valence-electron chi connectivity index (χ1n) is 5.65. The summed E-state index contributed by atoms with van der Waals surface area (Å²) in [6.07, 6.45) is 0. The third-order valence-electron chi connectivity index (χ3n) is 2.74. The van der Waals surface area contributed by atoms with Crippen LogP contribution in [0.4, 0.5) is 5.69 Å². The van der Waals surface area contributed by atoms with Crippen LogP contribution in [-0.4, -0.2) is 35.7 Å². The van der Waals surface area contributed by atoms with E-state index in [1.165, 1.54) is 13.1 Å². The van der Waals surface area contributed by atoms with Crippen molar-refractivity contribution in [3.05, 3.63) is 33.4 Å². The van der Waals surface area contributed by atoms with E-state index in [2.05, 4.69) is 5.32 Å². The van der Waals surface area contributed by atoms with Crippen LogP contribution < -0.4 is 10.1 Å². The van der Waals surface area contributed by atoms with Crippen molar-refractivity contribution in [1.29, 1.82) is 0 Å². The minimum atomic E-state index is -1.02. The minimum Gasteiger partial charge on any atom is -0.491 e. The second-order valence-electron chi connectivity index (χ2n) is 4.15. The Labute approximate surface area is 110 Å². The van der Waals surface area contributed by atoms with Gasteiger partial charge in [-0.3, -0.25) is 14.9 Å². The van der Waals surface area contributed by atoms with Gasteiger partial charge < -0.3 is 15.2 Å². The van der Waals surface area contributed by atoms with Crippen molar-refractivity contribution in [3.8, 4) is 5.75 Å². The van der Waals surface area contributed by atoms with Crippen LogP contribution in [0.15, 0.2) is 12.1 Å². The molecule has 0 amide bonds. The number of carbonyl (C=O) groups is 1. The summed E-state index contributed by atoms with van der Waals surface area (Å²) in [7, 11) is 1.52. The lowest BCUT2D eigenvalue weighted by Gasteiger charge is -2.14. The molecule has 0 radical (unpaired) electrons. The normalized spacial score (nSPS) is 11.9. The van der Waals surface area contributed by atoms with Gasteiger partial charge in [-0.2, -0.15) is 0 Å². The van der Waals surface area contributed by atoms with Gasteiger partial charge in [0, 0.05) is 11.6 Å². The molecule has 0 spiro atoms. The second-order valence-corrected chi connectivity index (χ2v) is 4.15. The van der Waals surface area contributed by atoms with E-state index in [1.807, 2.05) is 0 Å². The van der Waals surface area contributed by atoms with E-state index in [0.717, 1.165) is 0 Å². The molecule has 0 saturated heterocycles. The molecule has 104 valence electrons. The highest BCUT2D eigenvalue weighted by molar-refractivity contribution is 5.73. The second kappa shape index (κ2) is 6.14. The number of nitro groups is 1. The maximum absolute atomic E-state index is 10.8. The molecule has 7 heteroatoms. The van der Waals surface area contributed by atoms with Crippen LogP contribution in [0.25, 0.3) is 0 Å². The Morgan fingerprint density at radius 1 is 1.47 bits per heavy atom.